The molecular weight excluding hydrogens is 390 g/mol. The van der Waals surface area contributed by atoms with Gasteiger partial charge in [-0.1, -0.05) is 6.07 Å². The fourth-order valence-electron chi connectivity index (χ4n) is 3.70. The number of fused-ring (bicyclic) bond motifs is 3. The summed E-state index contributed by atoms with van der Waals surface area (Å²) in [6, 6.07) is 5.14. The van der Waals surface area contributed by atoms with Crippen molar-refractivity contribution in [2.24, 2.45) is 0 Å². The lowest BCUT2D eigenvalue weighted by molar-refractivity contribution is 0.0937. The van der Waals surface area contributed by atoms with Gasteiger partial charge in [0, 0.05) is 16.8 Å². The van der Waals surface area contributed by atoms with E-state index in [0.717, 1.165) is 36.9 Å². The highest BCUT2D eigenvalue weighted by atomic mass is 32.1. The normalized spacial score (nSPS) is 14.3. The molecule has 0 radical (unpaired) electrons. The van der Waals surface area contributed by atoms with E-state index in [2.05, 4.69) is 10.3 Å². The Morgan fingerprint density at radius 2 is 1.97 bits per heavy atom. The quantitative estimate of drug-likeness (QED) is 0.695. The van der Waals surface area contributed by atoms with Crippen LogP contribution in [0.4, 0.5) is 0 Å². The van der Waals surface area contributed by atoms with Crippen LogP contribution in [-0.2, 0) is 12.8 Å². The first-order valence-corrected chi connectivity index (χ1v) is 10.4. The van der Waals surface area contributed by atoms with Crippen LogP contribution in [0.1, 0.15) is 52.3 Å². The minimum Gasteiger partial charge on any atom is -0.493 e. The molecule has 1 aromatic carbocycles. The van der Waals surface area contributed by atoms with E-state index in [9.17, 15) is 9.59 Å². The van der Waals surface area contributed by atoms with Crippen molar-refractivity contribution in [2.75, 3.05) is 14.2 Å². The van der Waals surface area contributed by atoms with Crippen molar-refractivity contribution in [1.29, 1.82) is 0 Å². The molecule has 1 aliphatic carbocycles. The molecule has 4 rings (SSSR count). The average Bonchev–Trinajstić information content (AvgIpc) is 3.12. The minimum absolute atomic E-state index is 0.0565. The molecule has 7 nitrogen and oxygen atoms in total. The lowest BCUT2D eigenvalue weighted by Crippen LogP contribution is -2.33. The van der Waals surface area contributed by atoms with Crippen LogP contribution in [0.25, 0.3) is 4.96 Å². The fraction of sp³-hybridized carbons (Fsp3) is 0.381. The molecule has 1 aliphatic rings. The zero-order chi connectivity index (χ0) is 20.5. The van der Waals surface area contributed by atoms with E-state index in [1.54, 1.807) is 36.0 Å². The molecule has 1 unspecified atom stereocenters. The van der Waals surface area contributed by atoms with Gasteiger partial charge in [-0.2, -0.15) is 0 Å². The van der Waals surface area contributed by atoms with Gasteiger partial charge in [-0.15, -0.1) is 11.3 Å². The van der Waals surface area contributed by atoms with Crippen molar-refractivity contribution < 1.29 is 14.3 Å². The van der Waals surface area contributed by atoms with Gasteiger partial charge < -0.3 is 14.8 Å². The Morgan fingerprint density at radius 1 is 1.21 bits per heavy atom. The summed E-state index contributed by atoms with van der Waals surface area (Å²) in [7, 11) is 3.14. The number of nitrogens with one attached hydrogen (secondary N) is 1. The van der Waals surface area contributed by atoms with Gasteiger partial charge in [0.05, 0.1) is 20.3 Å². The number of nitrogens with zero attached hydrogens (tertiary/aromatic N) is 2. The number of rotatable bonds is 5. The second kappa shape index (κ2) is 7.87. The Bertz CT molecular complexity index is 1130. The highest BCUT2D eigenvalue weighted by Gasteiger charge is 2.22. The first-order valence-electron chi connectivity index (χ1n) is 9.58. The van der Waals surface area contributed by atoms with E-state index in [1.165, 1.54) is 11.1 Å². The molecule has 2 aromatic heterocycles. The molecule has 152 valence electrons. The van der Waals surface area contributed by atoms with Crippen molar-refractivity contribution in [1.82, 2.24) is 14.7 Å². The molecule has 1 amide bonds. The van der Waals surface area contributed by atoms with E-state index in [1.807, 2.05) is 19.1 Å². The second-order valence-corrected chi connectivity index (χ2v) is 8.15. The van der Waals surface area contributed by atoms with Gasteiger partial charge in [-0.25, -0.2) is 4.98 Å². The number of thiazole rings is 1. The molecular formula is C21H23N3O4S. The molecule has 0 saturated heterocycles. The molecule has 0 bridgehead atoms. The van der Waals surface area contributed by atoms with Crippen molar-refractivity contribution in [3.63, 3.8) is 0 Å². The Labute approximate surface area is 172 Å². The van der Waals surface area contributed by atoms with Crippen LogP contribution >= 0.6 is 11.3 Å². The number of carbonyl (C=O) groups excluding carboxylic acids is 1. The van der Waals surface area contributed by atoms with E-state index in [-0.39, 0.29) is 17.2 Å². The molecule has 1 atom stereocenters. The van der Waals surface area contributed by atoms with Crippen molar-refractivity contribution >= 4 is 22.2 Å². The van der Waals surface area contributed by atoms with Gasteiger partial charge in [-0.3, -0.25) is 14.0 Å². The number of hydrogen-bond donors (Lipinski definition) is 1. The summed E-state index contributed by atoms with van der Waals surface area (Å²) in [5, 5.41) is 2.89. The first kappa shape index (κ1) is 19.4. The highest BCUT2D eigenvalue weighted by Crippen LogP contribution is 2.30. The lowest BCUT2D eigenvalue weighted by Gasteiger charge is -2.16. The van der Waals surface area contributed by atoms with Crippen LogP contribution in [0, 0.1) is 0 Å². The second-order valence-electron chi connectivity index (χ2n) is 7.08. The average molecular weight is 413 g/mol. The summed E-state index contributed by atoms with van der Waals surface area (Å²) in [5.74, 6) is 0.763. The predicted molar refractivity (Wildman–Crippen MR) is 111 cm³/mol. The molecule has 8 heteroatoms. The van der Waals surface area contributed by atoms with Crippen LogP contribution in [0.5, 0.6) is 11.5 Å². The Morgan fingerprint density at radius 3 is 2.72 bits per heavy atom. The van der Waals surface area contributed by atoms with Crippen LogP contribution in [0.15, 0.2) is 29.2 Å². The topological polar surface area (TPSA) is 81.9 Å². The number of carbonyl (C=O) groups is 1. The Balaban J connectivity index is 1.62. The lowest BCUT2D eigenvalue weighted by atomic mass is 10.0. The maximum Gasteiger partial charge on any atom is 0.271 e. The van der Waals surface area contributed by atoms with Gasteiger partial charge in [-0.05, 0) is 50.3 Å². The Hall–Kier alpha value is -2.87. The van der Waals surface area contributed by atoms with Crippen molar-refractivity contribution in [3.8, 4) is 11.5 Å². The Kier molecular flexibility index (Phi) is 5.27. The number of aromatic nitrogens is 2. The van der Waals surface area contributed by atoms with E-state index in [0.29, 0.717) is 16.5 Å². The summed E-state index contributed by atoms with van der Waals surface area (Å²) in [6.07, 6.45) is 5.39. The van der Waals surface area contributed by atoms with Gasteiger partial charge >= 0.3 is 0 Å². The highest BCUT2D eigenvalue weighted by molar-refractivity contribution is 7.17. The molecule has 0 saturated carbocycles. The maximum absolute atomic E-state index is 13.0. The smallest absolute Gasteiger partial charge is 0.271 e. The summed E-state index contributed by atoms with van der Waals surface area (Å²) in [4.78, 5) is 32.1. The molecule has 1 N–H and O–H groups in total. The van der Waals surface area contributed by atoms with Crippen molar-refractivity contribution in [3.05, 3.63) is 56.4 Å². The van der Waals surface area contributed by atoms with E-state index >= 15 is 0 Å². The fourth-order valence-corrected chi connectivity index (χ4v) is 4.87. The molecule has 3 aromatic rings. The number of methoxy groups -OCH3 is 2. The summed E-state index contributed by atoms with van der Waals surface area (Å²) in [6.45, 7) is 1.86. The first-order chi connectivity index (χ1) is 14.0. The van der Waals surface area contributed by atoms with Crippen LogP contribution in [-0.4, -0.2) is 29.5 Å². The third kappa shape index (κ3) is 3.48. The third-order valence-electron chi connectivity index (χ3n) is 5.30. The number of ether oxygens (including phenoxy) is 2. The van der Waals surface area contributed by atoms with E-state index in [4.69, 9.17) is 9.47 Å². The molecule has 2 heterocycles. The zero-order valence-corrected chi connectivity index (χ0v) is 17.5. The minimum atomic E-state index is -0.435. The maximum atomic E-state index is 13.0. The molecule has 0 fully saturated rings. The number of hydrogen-bond acceptors (Lipinski definition) is 6. The number of aryl methyl sites for hydroxylation is 2. The molecule has 0 aliphatic heterocycles. The third-order valence-corrected chi connectivity index (χ3v) is 6.46. The van der Waals surface area contributed by atoms with Gasteiger partial charge in [0.25, 0.3) is 11.5 Å². The van der Waals surface area contributed by atoms with Gasteiger partial charge in [0.1, 0.15) is 5.56 Å². The number of benzene rings is 1. The van der Waals surface area contributed by atoms with Crippen LogP contribution in [0.3, 0.4) is 0 Å². The largest absolute Gasteiger partial charge is 0.493 e. The zero-order valence-electron chi connectivity index (χ0n) is 16.7. The standard InChI is InChI=1S/C21H23N3O4S/c1-12(13-8-9-16(27-2)17(10-13)28-3)23-19(25)14-11-22-21-24(20(14)26)15-6-4-5-7-18(15)29-21/h8-12H,4-7H2,1-3H3,(H,23,25). The molecule has 0 spiro atoms. The van der Waals surface area contributed by atoms with Gasteiger partial charge in [0.15, 0.2) is 16.5 Å². The summed E-state index contributed by atoms with van der Waals surface area (Å²) < 4.78 is 12.2. The van der Waals surface area contributed by atoms with Gasteiger partial charge in [0.2, 0.25) is 0 Å². The van der Waals surface area contributed by atoms with Crippen LogP contribution in [0.2, 0.25) is 0 Å². The SMILES string of the molecule is COc1ccc(C(C)NC(=O)c2cnc3sc4c(n3c2=O)CCCC4)cc1OC. The van der Waals surface area contributed by atoms with E-state index < -0.39 is 5.91 Å². The summed E-state index contributed by atoms with van der Waals surface area (Å²) in [5.41, 5.74) is 1.61. The predicted octanol–water partition coefficient (Wildman–Crippen LogP) is 3.14. The van der Waals surface area contributed by atoms with Crippen molar-refractivity contribution in [2.45, 2.75) is 38.6 Å². The monoisotopic (exact) mass is 413 g/mol. The van der Waals surface area contributed by atoms with Crippen LogP contribution < -0.4 is 20.3 Å². The molecule has 29 heavy (non-hydrogen) atoms. The summed E-state index contributed by atoms with van der Waals surface area (Å²) >= 11 is 1.55. The number of amides is 1.